The van der Waals surface area contributed by atoms with E-state index < -0.39 is 0 Å². The molecular formula is C7H6CeO. The van der Waals surface area contributed by atoms with Crippen molar-refractivity contribution in [2.45, 2.75) is 0 Å². The quantitative estimate of drug-likeness (QED) is 0.686. The topological polar surface area (TPSA) is 17.1 Å². The van der Waals surface area contributed by atoms with Crippen molar-refractivity contribution < 1.29 is 46.5 Å². The number of benzene rings is 1. The zero-order valence-electron chi connectivity index (χ0n) is 4.87. The molecule has 0 unspecified atom stereocenters. The molecule has 0 N–H and O–H groups in total. The van der Waals surface area contributed by atoms with Crippen LogP contribution >= 0.6 is 0 Å². The van der Waals surface area contributed by atoms with Crippen LogP contribution in [0.3, 0.4) is 0 Å². The molecule has 0 saturated carbocycles. The summed E-state index contributed by atoms with van der Waals surface area (Å²) in [6.45, 7) is 0. The van der Waals surface area contributed by atoms with Crippen molar-refractivity contribution in [1.82, 2.24) is 0 Å². The second-order valence-corrected chi connectivity index (χ2v) is 1.53. The van der Waals surface area contributed by atoms with Crippen LogP contribution in [-0.4, -0.2) is 6.29 Å². The molecular weight excluding hydrogens is 240 g/mol. The van der Waals surface area contributed by atoms with Crippen LogP contribution in [0.1, 0.15) is 10.4 Å². The van der Waals surface area contributed by atoms with Gasteiger partial charge in [0, 0.05) is 47.3 Å². The molecule has 0 atom stereocenters. The van der Waals surface area contributed by atoms with Crippen LogP contribution < -0.4 is 0 Å². The Hall–Kier alpha value is 0.267. The van der Waals surface area contributed by atoms with Crippen LogP contribution in [0.15, 0.2) is 30.3 Å². The van der Waals surface area contributed by atoms with Gasteiger partial charge in [-0.15, -0.1) is 0 Å². The first-order valence-corrected chi connectivity index (χ1v) is 2.44. The summed E-state index contributed by atoms with van der Waals surface area (Å²) >= 11 is 0. The Bertz CT molecular complexity index is 172. The fourth-order valence-corrected chi connectivity index (χ4v) is 0.532. The first kappa shape index (κ1) is 9.27. The minimum atomic E-state index is 0. The molecule has 0 aliphatic heterocycles. The zero-order chi connectivity index (χ0) is 5.82. The van der Waals surface area contributed by atoms with Gasteiger partial charge in [-0.2, -0.15) is 0 Å². The molecule has 2 heteroatoms. The minimum Gasteiger partial charge on any atom is -0.298 e. The molecule has 0 aromatic heterocycles. The second kappa shape index (κ2) is 5.08. The molecule has 0 radical (unpaired) electrons. The fraction of sp³-hybridized carbons (Fsp3) is 0. The van der Waals surface area contributed by atoms with Crippen LogP contribution in [-0.2, 0) is 0 Å². The Kier molecular flexibility index (Phi) is 5.23. The molecule has 0 amide bonds. The first-order chi connectivity index (χ1) is 3.93. The molecule has 1 rings (SSSR count). The van der Waals surface area contributed by atoms with Gasteiger partial charge in [-0.3, -0.25) is 4.79 Å². The zero-order valence-corrected chi connectivity index (χ0v) is 8.01. The van der Waals surface area contributed by atoms with E-state index in [0.29, 0.717) is 0 Å². The Balaban J connectivity index is 0.000000640. The number of aldehydes is 1. The normalized spacial score (nSPS) is 7.56. The number of rotatable bonds is 1. The van der Waals surface area contributed by atoms with Crippen molar-refractivity contribution in [3.05, 3.63) is 35.9 Å². The van der Waals surface area contributed by atoms with E-state index in [1.165, 1.54) is 0 Å². The molecule has 44 valence electrons. The summed E-state index contributed by atoms with van der Waals surface area (Å²) in [6.07, 6.45) is 0.833. The summed E-state index contributed by atoms with van der Waals surface area (Å²) in [5.74, 6) is 0. The van der Waals surface area contributed by atoms with Gasteiger partial charge >= 0.3 is 0 Å². The molecule has 1 nitrogen and oxygen atoms in total. The summed E-state index contributed by atoms with van der Waals surface area (Å²) in [4.78, 5) is 10.0. The van der Waals surface area contributed by atoms with E-state index in [1.54, 1.807) is 12.1 Å². The molecule has 1 aromatic rings. The minimum absolute atomic E-state index is 0. The third-order valence-electron chi connectivity index (χ3n) is 0.936. The summed E-state index contributed by atoms with van der Waals surface area (Å²) in [5, 5.41) is 0. The van der Waals surface area contributed by atoms with Gasteiger partial charge in [0.1, 0.15) is 6.29 Å². The molecule has 0 spiro atoms. The molecule has 1 aromatic carbocycles. The van der Waals surface area contributed by atoms with Gasteiger partial charge < -0.3 is 0 Å². The van der Waals surface area contributed by atoms with Crippen LogP contribution in [0.5, 0.6) is 0 Å². The standard InChI is InChI=1S/C7H6O.Ce/c8-6-7-4-2-1-3-5-7;/h1-6H;. The van der Waals surface area contributed by atoms with Gasteiger partial charge in [-0.05, 0) is 0 Å². The van der Waals surface area contributed by atoms with E-state index in [1.807, 2.05) is 18.2 Å². The van der Waals surface area contributed by atoms with Gasteiger partial charge in [-0.25, -0.2) is 0 Å². The van der Waals surface area contributed by atoms with Crippen molar-refractivity contribution in [3.63, 3.8) is 0 Å². The van der Waals surface area contributed by atoms with Crippen LogP contribution in [0.25, 0.3) is 0 Å². The Morgan fingerprint density at radius 2 is 1.67 bits per heavy atom. The van der Waals surface area contributed by atoms with Gasteiger partial charge in [0.05, 0.1) is 0 Å². The predicted molar refractivity (Wildman–Crippen MR) is 31.8 cm³/mol. The van der Waals surface area contributed by atoms with Crippen molar-refractivity contribution >= 4 is 6.29 Å². The molecule has 9 heavy (non-hydrogen) atoms. The van der Waals surface area contributed by atoms with Gasteiger partial charge in [0.2, 0.25) is 0 Å². The van der Waals surface area contributed by atoms with Crippen LogP contribution in [0.2, 0.25) is 0 Å². The van der Waals surface area contributed by atoms with E-state index in [0.717, 1.165) is 11.8 Å². The number of carbonyl (C=O) groups excluding carboxylic acids is 1. The third kappa shape index (κ3) is 3.08. The maximum absolute atomic E-state index is 10.0. The maximum Gasteiger partial charge on any atom is 0.150 e. The Morgan fingerprint density at radius 3 is 2.00 bits per heavy atom. The number of carbonyl (C=O) groups is 1. The fourth-order valence-electron chi connectivity index (χ4n) is 0.532. The number of hydrogen-bond donors (Lipinski definition) is 0. The van der Waals surface area contributed by atoms with Crippen molar-refractivity contribution in [2.75, 3.05) is 0 Å². The largest absolute Gasteiger partial charge is 0.298 e. The van der Waals surface area contributed by atoms with E-state index in [4.69, 9.17) is 0 Å². The van der Waals surface area contributed by atoms with Crippen LogP contribution in [0.4, 0.5) is 0 Å². The summed E-state index contributed by atoms with van der Waals surface area (Å²) in [5.41, 5.74) is 0.729. The van der Waals surface area contributed by atoms with Crippen molar-refractivity contribution in [3.8, 4) is 0 Å². The van der Waals surface area contributed by atoms with E-state index in [2.05, 4.69) is 0 Å². The molecule has 0 aliphatic rings. The molecule has 0 aliphatic carbocycles. The Morgan fingerprint density at radius 1 is 1.11 bits per heavy atom. The molecule has 0 saturated heterocycles. The van der Waals surface area contributed by atoms with E-state index in [-0.39, 0.29) is 41.7 Å². The van der Waals surface area contributed by atoms with Gasteiger partial charge in [0.15, 0.2) is 0 Å². The summed E-state index contributed by atoms with van der Waals surface area (Å²) in [6, 6.07) is 9.10. The SMILES string of the molecule is O=Cc1ccccc1.[Ce]. The average Bonchev–Trinajstić information content (AvgIpc) is 1.90. The van der Waals surface area contributed by atoms with Crippen molar-refractivity contribution in [1.29, 1.82) is 0 Å². The first-order valence-electron chi connectivity index (χ1n) is 2.44. The monoisotopic (exact) mass is 246 g/mol. The smallest absolute Gasteiger partial charge is 0.150 e. The van der Waals surface area contributed by atoms with Crippen LogP contribution in [0, 0.1) is 41.7 Å². The third-order valence-corrected chi connectivity index (χ3v) is 0.936. The Labute approximate surface area is 87.8 Å². The summed E-state index contributed by atoms with van der Waals surface area (Å²) < 4.78 is 0. The molecule has 0 heterocycles. The predicted octanol–water partition coefficient (Wildman–Crippen LogP) is 1.50. The number of hydrogen-bond acceptors (Lipinski definition) is 1. The van der Waals surface area contributed by atoms with E-state index in [9.17, 15) is 4.79 Å². The molecule has 0 bridgehead atoms. The van der Waals surface area contributed by atoms with Crippen molar-refractivity contribution in [2.24, 2.45) is 0 Å². The maximum atomic E-state index is 10.0. The van der Waals surface area contributed by atoms with Gasteiger partial charge in [0.25, 0.3) is 0 Å². The van der Waals surface area contributed by atoms with Gasteiger partial charge in [-0.1, -0.05) is 30.3 Å². The molecule has 0 fully saturated rings. The van der Waals surface area contributed by atoms with E-state index >= 15 is 0 Å². The summed E-state index contributed by atoms with van der Waals surface area (Å²) in [7, 11) is 0. The average molecular weight is 246 g/mol. The second-order valence-electron chi connectivity index (χ2n) is 1.53.